The molecule has 2 aliphatic heterocycles. The van der Waals surface area contributed by atoms with Crippen molar-refractivity contribution in [1.82, 2.24) is 10.6 Å². The Labute approximate surface area is 111 Å². The molecule has 2 aliphatic rings. The van der Waals surface area contributed by atoms with Gasteiger partial charge in [-0.05, 0) is 0 Å². The van der Waals surface area contributed by atoms with E-state index in [1.807, 2.05) is 0 Å². The molecule has 92 valence electrons. The van der Waals surface area contributed by atoms with Gasteiger partial charge >= 0.3 is 111 Å². The Morgan fingerprint density at radius 1 is 0.684 bits per heavy atom. The van der Waals surface area contributed by atoms with E-state index in [1.165, 1.54) is 12.1 Å². The number of imide groups is 2. The van der Waals surface area contributed by atoms with E-state index in [9.17, 15) is 19.2 Å². The average Bonchev–Trinajstić information content (AvgIpc) is 2.76. The third-order valence-electron chi connectivity index (χ3n) is 3.22. The van der Waals surface area contributed by atoms with E-state index in [1.54, 1.807) is 0 Å². The van der Waals surface area contributed by atoms with E-state index >= 15 is 0 Å². The summed E-state index contributed by atoms with van der Waals surface area (Å²) in [7, 11) is 0. The van der Waals surface area contributed by atoms with Crippen LogP contribution in [0.4, 0.5) is 0 Å². The van der Waals surface area contributed by atoms with Gasteiger partial charge in [0.05, 0.1) is 0 Å². The molecule has 1 aromatic carbocycles. The predicted molar refractivity (Wildman–Crippen MR) is 64.5 cm³/mol. The zero-order valence-electron chi connectivity index (χ0n) is 9.20. The van der Waals surface area contributed by atoms with Gasteiger partial charge in [-0.1, -0.05) is 0 Å². The van der Waals surface area contributed by atoms with Crippen molar-refractivity contribution in [2.75, 3.05) is 0 Å². The maximum atomic E-state index is 11.8. The van der Waals surface area contributed by atoms with E-state index in [-0.39, 0.29) is 0 Å². The monoisotopic (exact) mass is 320 g/mol. The first kappa shape index (κ1) is 10.7. The fourth-order valence-corrected chi connectivity index (χ4v) is 4.78. The topological polar surface area (TPSA) is 92.3 Å². The van der Waals surface area contributed by atoms with Crippen molar-refractivity contribution in [2.45, 2.75) is 0 Å². The summed E-state index contributed by atoms with van der Waals surface area (Å²) in [5.41, 5.74) is 0.709. The SMILES string of the molecule is O=C1NC(=O)c2[se]c3c4c(ccc1c24)C(=O)NC3=O. The molecule has 19 heavy (non-hydrogen) atoms. The molecule has 4 amide bonds. The van der Waals surface area contributed by atoms with Crippen LogP contribution in [0, 0.1) is 0 Å². The van der Waals surface area contributed by atoms with Gasteiger partial charge in [-0.25, -0.2) is 0 Å². The van der Waals surface area contributed by atoms with Crippen LogP contribution in [0.15, 0.2) is 12.1 Å². The fourth-order valence-electron chi connectivity index (χ4n) is 2.43. The van der Waals surface area contributed by atoms with Gasteiger partial charge in [0.1, 0.15) is 0 Å². The van der Waals surface area contributed by atoms with Gasteiger partial charge in [0.15, 0.2) is 0 Å². The number of hydrogen-bond donors (Lipinski definition) is 2. The van der Waals surface area contributed by atoms with Gasteiger partial charge in [0, 0.05) is 0 Å². The van der Waals surface area contributed by atoms with E-state index in [0.29, 0.717) is 30.8 Å². The van der Waals surface area contributed by atoms with Gasteiger partial charge in [-0.15, -0.1) is 0 Å². The number of rotatable bonds is 0. The van der Waals surface area contributed by atoms with Crippen LogP contribution in [-0.2, 0) is 0 Å². The average molecular weight is 319 g/mol. The van der Waals surface area contributed by atoms with Crippen molar-refractivity contribution in [2.24, 2.45) is 0 Å². The standard InChI is InChI=1S/C12H4N2O4Se/c15-9-3-1-2-4-6-5(3)7(11(17)13-9)19-8(6)12(18)14-10(4)16/h1-2H,(H,13,15,17)(H,14,16,18). The molecule has 0 saturated heterocycles. The Bertz CT molecular complexity index is 781. The second-order valence-corrected chi connectivity index (χ2v) is 6.38. The number of hydrogen-bond acceptors (Lipinski definition) is 4. The molecule has 2 aromatic rings. The molecule has 0 radical (unpaired) electrons. The fraction of sp³-hybridized carbons (Fsp3) is 0. The normalized spacial score (nSPS) is 16.6. The molecular weight excluding hydrogens is 315 g/mol. The predicted octanol–water partition coefficient (Wildman–Crippen LogP) is -0.336. The molecule has 0 spiro atoms. The first-order chi connectivity index (χ1) is 9.08. The Morgan fingerprint density at radius 3 is 1.53 bits per heavy atom. The van der Waals surface area contributed by atoms with Gasteiger partial charge in [0.25, 0.3) is 0 Å². The molecule has 0 aliphatic carbocycles. The van der Waals surface area contributed by atoms with Crippen LogP contribution in [0.25, 0.3) is 10.8 Å². The summed E-state index contributed by atoms with van der Waals surface area (Å²) in [6.07, 6.45) is 0. The summed E-state index contributed by atoms with van der Waals surface area (Å²) in [6, 6.07) is 3.04. The number of nitrogens with one attached hydrogen (secondary N) is 2. The summed E-state index contributed by atoms with van der Waals surface area (Å²) in [5.74, 6) is -1.90. The second-order valence-electron chi connectivity index (χ2n) is 4.24. The summed E-state index contributed by atoms with van der Waals surface area (Å²) < 4.78 is 0.887. The van der Waals surface area contributed by atoms with E-state index < -0.39 is 38.1 Å². The van der Waals surface area contributed by atoms with Crippen molar-refractivity contribution in [3.63, 3.8) is 0 Å². The maximum absolute atomic E-state index is 11.8. The van der Waals surface area contributed by atoms with Crippen LogP contribution < -0.4 is 10.6 Å². The van der Waals surface area contributed by atoms with Crippen LogP contribution in [-0.4, -0.2) is 38.1 Å². The summed E-state index contributed by atoms with van der Waals surface area (Å²) in [4.78, 5) is 47.2. The van der Waals surface area contributed by atoms with E-state index in [4.69, 9.17) is 0 Å². The van der Waals surface area contributed by atoms with Crippen molar-refractivity contribution in [1.29, 1.82) is 0 Å². The Kier molecular flexibility index (Phi) is 1.79. The van der Waals surface area contributed by atoms with Crippen molar-refractivity contribution >= 4 is 48.9 Å². The minimum atomic E-state index is -0.484. The Hall–Kier alpha value is -2.24. The molecule has 0 atom stereocenters. The first-order valence-corrected chi connectivity index (χ1v) is 7.10. The van der Waals surface area contributed by atoms with Crippen molar-refractivity contribution < 1.29 is 19.2 Å². The third-order valence-corrected chi connectivity index (χ3v) is 5.71. The molecule has 0 saturated carbocycles. The zero-order valence-corrected chi connectivity index (χ0v) is 10.9. The van der Waals surface area contributed by atoms with Crippen LogP contribution >= 0.6 is 0 Å². The molecule has 4 rings (SSSR count). The second kappa shape index (κ2) is 3.20. The van der Waals surface area contributed by atoms with Crippen molar-refractivity contribution in [3.8, 4) is 0 Å². The van der Waals surface area contributed by atoms with Gasteiger partial charge < -0.3 is 0 Å². The van der Waals surface area contributed by atoms with Crippen LogP contribution in [0.3, 0.4) is 0 Å². The number of amides is 4. The molecule has 0 bridgehead atoms. The molecule has 0 fully saturated rings. The van der Waals surface area contributed by atoms with Crippen molar-refractivity contribution in [3.05, 3.63) is 32.1 Å². The third kappa shape index (κ3) is 1.16. The summed E-state index contributed by atoms with van der Waals surface area (Å²) >= 11 is -0.483. The number of benzene rings is 1. The quantitative estimate of drug-likeness (QED) is 0.513. The zero-order chi connectivity index (χ0) is 13.3. The molecular formula is C12H4N2O4Se. The first-order valence-electron chi connectivity index (χ1n) is 5.39. The molecule has 6 nitrogen and oxygen atoms in total. The minimum absolute atomic E-state index is 0.354. The van der Waals surface area contributed by atoms with Crippen LogP contribution in [0.1, 0.15) is 39.2 Å². The van der Waals surface area contributed by atoms with E-state index in [0.717, 1.165) is 0 Å². The Balaban J connectivity index is 2.28. The number of carbonyl (C=O) groups excluding carboxylic acids is 4. The van der Waals surface area contributed by atoms with Gasteiger partial charge in [-0.2, -0.15) is 0 Å². The summed E-state index contributed by atoms with van der Waals surface area (Å²) in [5, 5.41) is 5.45. The molecule has 2 N–H and O–H groups in total. The van der Waals surface area contributed by atoms with Gasteiger partial charge in [-0.3, -0.25) is 0 Å². The van der Waals surface area contributed by atoms with Crippen LogP contribution in [0.2, 0.25) is 0 Å². The molecule has 3 heterocycles. The molecule has 0 unspecified atom stereocenters. The van der Waals surface area contributed by atoms with E-state index in [2.05, 4.69) is 10.6 Å². The molecule has 1 aromatic heterocycles. The number of carbonyl (C=O) groups is 4. The molecule has 7 heteroatoms. The van der Waals surface area contributed by atoms with Crippen LogP contribution in [0.5, 0.6) is 0 Å². The van der Waals surface area contributed by atoms with Gasteiger partial charge in [0.2, 0.25) is 0 Å². The summed E-state index contributed by atoms with van der Waals surface area (Å²) in [6.45, 7) is 0. The Morgan fingerprint density at radius 2 is 1.11 bits per heavy atom.